The van der Waals surface area contributed by atoms with Crippen molar-refractivity contribution in [3.05, 3.63) is 10.4 Å². The summed E-state index contributed by atoms with van der Waals surface area (Å²) >= 11 is 0. The summed E-state index contributed by atoms with van der Waals surface area (Å²) in [5, 5.41) is 3.61. The number of hydrogen-bond acceptors (Lipinski definition) is 3. The molecule has 0 radical (unpaired) electrons. The largest absolute Gasteiger partial charge is 0.384 e. The molecule has 16 heavy (non-hydrogen) atoms. The fourth-order valence-corrected chi connectivity index (χ4v) is 3.45. The van der Waals surface area contributed by atoms with Crippen LogP contribution in [0.15, 0.2) is 5.11 Å². The highest BCUT2D eigenvalue weighted by atomic mass is 16.5. The van der Waals surface area contributed by atoms with E-state index in [1.54, 1.807) is 7.11 Å². The molecule has 0 amide bonds. The lowest BCUT2D eigenvalue weighted by molar-refractivity contribution is 0.0706. The van der Waals surface area contributed by atoms with Gasteiger partial charge >= 0.3 is 0 Å². The van der Waals surface area contributed by atoms with Crippen molar-refractivity contribution in [3.8, 4) is 0 Å². The van der Waals surface area contributed by atoms with Gasteiger partial charge in [-0.1, -0.05) is 11.5 Å². The molecule has 1 aliphatic carbocycles. The number of hydrogen-bond donors (Lipinski definition) is 0. The second-order valence-corrected chi connectivity index (χ2v) is 5.07. The molecule has 0 unspecified atom stereocenters. The van der Waals surface area contributed by atoms with Gasteiger partial charge in [0.05, 0.1) is 6.61 Å². The van der Waals surface area contributed by atoms with E-state index in [-0.39, 0.29) is 0 Å². The molecule has 2 rings (SSSR count). The van der Waals surface area contributed by atoms with Crippen molar-refractivity contribution < 1.29 is 4.74 Å². The summed E-state index contributed by atoms with van der Waals surface area (Å²) in [5.41, 5.74) is 8.65. The molecule has 0 N–H and O–H groups in total. The molecule has 5 heteroatoms. The van der Waals surface area contributed by atoms with Gasteiger partial charge in [0.1, 0.15) is 0 Å². The highest BCUT2D eigenvalue weighted by Crippen LogP contribution is 2.48. The molecule has 0 spiro atoms. The van der Waals surface area contributed by atoms with Crippen LogP contribution in [0.3, 0.4) is 0 Å². The van der Waals surface area contributed by atoms with E-state index in [1.165, 1.54) is 19.3 Å². The van der Waals surface area contributed by atoms with Crippen LogP contribution in [-0.2, 0) is 4.74 Å². The van der Waals surface area contributed by atoms with E-state index < -0.39 is 0 Å². The quantitative estimate of drug-likeness (QED) is 0.407. The zero-order valence-electron chi connectivity index (χ0n) is 9.93. The first-order valence-electron chi connectivity index (χ1n) is 6.03. The molecular formula is C11H20N4O. The topological polar surface area (TPSA) is 61.2 Å². The van der Waals surface area contributed by atoms with E-state index in [9.17, 15) is 0 Å². The Morgan fingerprint density at radius 3 is 3.25 bits per heavy atom. The van der Waals surface area contributed by atoms with Crippen LogP contribution in [0, 0.1) is 11.3 Å². The first-order valence-corrected chi connectivity index (χ1v) is 6.03. The molecule has 1 heterocycles. The summed E-state index contributed by atoms with van der Waals surface area (Å²) in [6.07, 6.45) is 3.98. The summed E-state index contributed by atoms with van der Waals surface area (Å²) < 4.78 is 5.40. The van der Waals surface area contributed by atoms with Crippen molar-refractivity contribution >= 4 is 0 Å². The van der Waals surface area contributed by atoms with Crippen molar-refractivity contribution in [2.24, 2.45) is 16.4 Å². The standard InChI is InChI=1S/C11H20N4O/c1-16-9-11-4-2-3-10(11)7-15(8-11)6-5-13-14-12/h10H,2-9H2,1H3/t10-,11-/m1/s1. The SMILES string of the molecule is COC[C@]12CCC[C@@H]1CN(CCN=[N+]=[N-])C2. The molecule has 0 aromatic heterocycles. The molecule has 5 nitrogen and oxygen atoms in total. The Labute approximate surface area is 96.4 Å². The molecule has 0 bridgehead atoms. The number of rotatable bonds is 5. The predicted octanol–water partition coefficient (Wildman–Crippen LogP) is 2.05. The van der Waals surface area contributed by atoms with Crippen LogP contribution >= 0.6 is 0 Å². The van der Waals surface area contributed by atoms with Gasteiger partial charge in [-0.3, -0.25) is 0 Å². The molecule has 1 aliphatic heterocycles. The van der Waals surface area contributed by atoms with Gasteiger partial charge < -0.3 is 9.64 Å². The third-order valence-corrected chi connectivity index (χ3v) is 4.12. The van der Waals surface area contributed by atoms with Gasteiger partial charge in [-0.25, -0.2) is 0 Å². The summed E-state index contributed by atoms with van der Waals surface area (Å²) in [7, 11) is 1.80. The molecule has 2 fully saturated rings. The zero-order valence-corrected chi connectivity index (χ0v) is 9.93. The molecule has 0 aromatic carbocycles. The van der Waals surface area contributed by atoms with Crippen LogP contribution < -0.4 is 0 Å². The van der Waals surface area contributed by atoms with E-state index in [1.807, 2.05) is 0 Å². The highest BCUT2D eigenvalue weighted by molar-refractivity contribution is 5.00. The average Bonchev–Trinajstić information content (AvgIpc) is 2.75. The first-order chi connectivity index (χ1) is 7.80. The third-order valence-electron chi connectivity index (χ3n) is 4.12. The maximum atomic E-state index is 8.26. The number of nitrogens with zero attached hydrogens (tertiary/aromatic N) is 4. The minimum Gasteiger partial charge on any atom is -0.384 e. The molecule has 2 atom stereocenters. The van der Waals surface area contributed by atoms with Crippen molar-refractivity contribution in [1.29, 1.82) is 0 Å². The average molecular weight is 224 g/mol. The Morgan fingerprint density at radius 2 is 2.50 bits per heavy atom. The van der Waals surface area contributed by atoms with Crippen molar-refractivity contribution in [2.45, 2.75) is 19.3 Å². The van der Waals surface area contributed by atoms with E-state index in [4.69, 9.17) is 10.3 Å². The summed E-state index contributed by atoms with van der Waals surface area (Å²) in [5.74, 6) is 0.790. The molecule has 90 valence electrons. The Hall–Kier alpha value is -0.770. The van der Waals surface area contributed by atoms with Crippen molar-refractivity contribution in [1.82, 2.24) is 4.90 Å². The lowest BCUT2D eigenvalue weighted by atomic mass is 9.82. The number of fused-ring (bicyclic) bond motifs is 1. The monoisotopic (exact) mass is 224 g/mol. The van der Waals surface area contributed by atoms with Crippen molar-refractivity contribution in [2.75, 3.05) is 39.9 Å². The molecule has 0 aromatic rings. The van der Waals surface area contributed by atoms with Crippen LogP contribution in [0.25, 0.3) is 10.4 Å². The minimum atomic E-state index is 0.394. The number of likely N-dealkylation sites (tertiary alicyclic amines) is 1. The van der Waals surface area contributed by atoms with Crippen LogP contribution in [0.5, 0.6) is 0 Å². The van der Waals surface area contributed by atoms with Gasteiger partial charge in [-0.2, -0.15) is 0 Å². The van der Waals surface area contributed by atoms with Crippen LogP contribution in [0.1, 0.15) is 19.3 Å². The molecular weight excluding hydrogens is 204 g/mol. The van der Waals surface area contributed by atoms with E-state index >= 15 is 0 Å². The third kappa shape index (κ3) is 2.17. The minimum absolute atomic E-state index is 0.394. The van der Waals surface area contributed by atoms with Crippen LogP contribution in [-0.4, -0.2) is 44.8 Å². The Morgan fingerprint density at radius 1 is 1.62 bits per heavy atom. The first kappa shape index (κ1) is 11.7. The lowest BCUT2D eigenvalue weighted by Gasteiger charge is -2.27. The maximum absolute atomic E-state index is 8.26. The van der Waals surface area contributed by atoms with E-state index in [2.05, 4.69) is 14.9 Å². The molecule has 1 saturated carbocycles. The van der Waals surface area contributed by atoms with Gasteiger partial charge in [0.15, 0.2) is 0 Å². The van der Waals surface area contributed by atoms with E-state index in [0.717, 1.165) is 32.2 Å². The maximum Gasteiger partial charge on any atom is 0.0534 e. The fraction of sp³-hybridized carbons (Fsp3) is 1.00. The molecule has 2 aliphatic rings. The Balaban J connectivity index is 1.91. The Bertz CT molecular complexity index is 290. The predicted molar refractivity (Wildman–Crippen MR) is 62.1 cm³/mol. The van der Waals surface area contributed by atoms with Gasteiger partial charge in [0.2, 0.25) is 0 Å². The normalized spacial score (nSPS) is 33.7. The fourth-order valence-electron chi connectivity index (χ4n) is 3.45. The van der Waals surface area contributed by atoms with Gasteiger partial charge in [-0.15, -0.1) is 0 Å². The second-order valence-electron chi connectivity index (χ2n) is 5.07. The molecule has 1 saturated heterocycles. The van der Waals surface area contributed by atoms with Gasteiger partial charge in [0.25, 0.3) is 0 Å². The Kier molecular flexibility index (Phi) is 3.69. The van der Waals surface area contributed by atoms with Crippen LogP contribution in [0.2, 0.25) is 0 Å². The summed E-state index contributed by atoms with van der Waals surface area (Å²) in [6.45, 7) is 4.64. The van der Waals surface area contributed by atoms with Gasteiger partial charge in [-0.05, 0) is 24.3 Å². The van der Waals surface area contributed by atoms with Crippen molar-refractivity contribution in [3.63, 3.8) is 0 Å². The van der Waals surface area contributed by atoms with Gasteiger partial charge in [0, 0.05) is 43.6 Å². The highest BCUT2D eigenvalue weighted by Gasteiger charge is 2.48. The zero-order chi connectivity index (χ0) is 11.4. The number of ether oxygens (including phenoxy) is 1. The van der Waals surface area contributed by atoms with Crippen LogP contribution in [0.4, 0.5) is 0 Å². The smallest absolute Gasteiger partial charge is 0.0534 e. The van der Waals surface area contributed by atoms with E-state index in [0.29, 0.717) is 12.0 Å². The second kappa shape index (κ2) is 5.04. The lowest BCUT2D eigenvalue weighted by Crippen LogP contribution is -2.32. The summed E-state index contributed by atoms with van der Waals surface area (Å²) in [6, 6.07) is 0. The summed E-state index contributed by atoms with van der Waals surface area (Å²) in [4.78, 5) is 5.22. The number of azide groups is 1. The number of methoxy groups -OCH3 is 1.